The van der Waals surface area contributed by atoms with Gasteiger partial charge in [0.1, 0.15) is 0 Å². The van der Waals surface area contributed by atoms with Crippen molar-refractivity contribution in [1.82, 2.24) is 4.90 Å². The molecule has 0 heterocycles. The minimum atomic E-state index is -0.00838. The molecule has 4 heteroatoms. The number of anilines is 1. The molecule has 0 aliphatic rings. The van der Waals surface area contributed by atoms with E-state index in [0.29, 0.717) is 17.8 Å². The first-order valence-electron chi connectivity index (χ1n) is 5.55. The summed E-state index contributed by atoms with van der Waals surface area (Å²) >= 11 is 3.31. The molecule has 1 rings (SSSR count). The van der Waals surface area contributed by atoms with Crippen LogP contribution < -0.4 is 5.73 Å². The molecule has 0 atom stereocenters. The summed E-state index contributed by atoms with van der Waals surface area (Å²) in [5.41, 5.74) is 6.96. The number of rotatable bonds is 5. The molecular weight excluding hydrogens is 280 g/mol. The number of halogens is 1. The minimum absolute atomic E-state index is 0.00838. The quantitative estimate of drug-likeness (QED) is 0.670. The van der Waals surface area contributed by atoms with Gasteiger partial charge >= 0.3 is 0 Å². The van der Waals surface area contributed by atoms with Crippen molar-refractivity contribution in [1.29, 1.82) is 0 Å². The third kappa shape index (κ3) is 3.60. The third-order valence-electron chi connectivity index (χ3n) is 2.37. The van der Waals surface area contributed by atoms with Crippen LogP contribution in [0.15, 0.2) is 35.3 Å². The highest BCUT2D eigenvalue weighted by molar-refractivity contribution is 9.10. The Hall–Kier alpha value is -1.29. The van der Waals surface area contributed by atoms with E-state index in [4.69, 9.17) is 5.73 Å². The Morgan fingerprint density at radius 2 is 2.29 bits per heavy atom. The van der Waals surface area contributed by atoms with Crippen molar-refractivity contribution in [2.24, 2.45) is 0 Å². The molecule has 0 aliphatic carbocycles. The fourth-order valence-electron chi connectivity index (χ4n) is 1.56. The van der Waals surface area contributed by atoms with Crippen molar-refractivity contribution < 1.29 is 4.79 Å². The van der Waals surface area contributed by atoms with Gasteiger partial charge in [0.15, 0.2) is 0 Å². The number of nitrogen functional groups attached to an aromatic ring is 1. The number of hydrogen-bond donors (Lipinski definition) is 1. The van der Waals surface area contributed by atoms with Crippen LogP contribution in [0, 0.1) is 0 Å². The van der Waals surface area contributed by atoms with Crippen LogP contribution in [0.1, 0.15) is 23.7 Å². The molecule has 0 saturated heterocycles. The van der Waals surface area contributed by atoms with E-state index in [9.17, 15) is 4.79 Å². The van der Waals surface area contributed by atoms with Gasteiger partial charge in [0.25, 0.3) is 5.91 Å². The van der Waals surface area contributed by atoms with Crippen molar-refractivity contribution in [3.8, 4) is 0 Å². The summed E-state index contributed by atoms with van der Waals surface area (Å²) in [5, 5.41) is 0. The molecule has 1 aromatic rings. The molecule has 0 spiro atoms. The number of benzene rings is 1. The number of carbonyl (C=O) groups excluding carboxylic acids is 1. The lowest BCUT2D eigenvalue weighted by molar-refractivity contribution is 0.0774. The maximum atomic E-state index is 12.2. The number of hydrogen-bond acceptors (Lipinski definition) is 2. The second-order valence-electron chi connectivity index (χ2n) is 3.78. The molecule has 0 radical (unpaired) electrons. The van der Waals surface area contributed by atoms with E-state index in [2.05, 4.69) is 22.5 Å². The van der Waals surface area contributed by atoms with Crippen LogP contribution in [-0.4, -0.2) is 23.9 Å². The molecule has 0 aromatic heterocycles. The Bertz CT molecular complexity index is 418. The van der Waals surface area contributed by atoms with Gasteiger partial charge < -0.3 is 10.6 Å². The first-order valence-corrected chi connectivity index (χ1v) is 6.34. The van der Waals surface area contributed by atoms with Gasteiger partial charge in [0.05, 0.1) is 0 Å². The van der Waals surface area contributed by atoms with E-state index >= 15 is 0 Å². The molecule has 0 fully saturated rings. The Morgan fingerprint density at radius 3 is 2.82 bits per heavy atom. The molecule has 92 valence electrons. The number of carbonyl (C=O) groups is 1. The molecule has 2 N–H and O–H groups in total. The average Bonchev–Trinajstić information content (AvgIpc) is 2.31. The lowest BCUT2D eigenvalue weighted by atomic mass is 10.1. The first kappa shape index (κ1) is 13.8. The van der Waals surface area contributed by atoms with E-state index in [1.807, 2.05) is 6.92 Å². The van der Waals surface area contributed by atoms with Crippen LogP contribution >= 0.6 is 15.9 Å². The van der Waals surface area contributed by atoms with Gasteiger partial charge in [-0.15, -0.1) is 6.58 Å². The van der Waals surface area contributed by atoms with E-state index in [1.54, 1.807) is 29.2 Å². The van der Waals surface area contributed by atoms with Crippen LogP contribution in [0.2, 0.25) is 0 Å². The van der Waals surface area contributed by atoms with E-state index < -0.39 is 0 Å². The summed E-state index contributed by atoms with van der Waals surface area (Å²) < 4.78 is 0.805. The van der Waals surface area contributed by atoms with Gasteiger partial charge in [-0.1, -0.05) is 13.0 Å². The summed E-state index contributed by atoms with van der Waals surface area (Å²) in [4.78, 5) is 14.0. The monoisotopic (exact) mass is 296 g/mol. The molecule has 0 aliphatic heterocycles. The van der Waals surface area contributed by atoms with E-state index in [1.165, 1.54) is 0 Å². The normalized spacial score (nSPS) is 10.0. The largest absolute Gasteiger partial charge is 0.398 e. The van der Waals surface area contributed by atoms with Gasteiger partial charge in [-0.05, 0) is 40.5 Å². The van der Waals surface area contributed by atoms with Gasteiger partial charge in [0, 0.05) is 28.8 Å². The number of nitrogens with two attached hydrogens (primary N) is 1. The van der Waals surface area contributed by atoms with Crippen molar-refractivity contribution in [3.63, 3.8) is 0 Å². The Kier molecular flexibility index (Phi) is 5.22. The summed E-state index contributed by atoms with van der Waals surface area (Å²) in [6.07, 6.45) is 2.65. The average molecular weight is 297 g/mol. The molecule has 1 aromatic carbocycles. The van der Waals surface area contributed by atoms with Gasteiger partial charge in [-0.3, -0.25) is 4.79 Å². The second-order valence-corrected chi connectivity index (χ2v) is 4.63. The SMILES string of the molecule is C=CCN(CCC)C(=O)c1ccc(Br)c(N)c1. The molecular formula is C13H17BrN2O. The standard InChI is InChI=1S/C13H17BrN2O/c1-3-7-16(8-4-2)13(17)10-5-6-11(14)12(15)9-10/h3,5-6,9H,1,4,7-8,15H2,2H3. The summed E-state index contributed by atoms with van der Waals surface area (Å²) in [6, 6.07) is 5.26. The highest BCUT2D eigenvalue weighted by Gasteiger charge is 2.14. The highest BCUT2D eigenvalue weighted by atomic mass is 79.9. The molecule has 0 bridgehead atoms. The maximum absolute atomic E-state index is 12.2. The highest BCUT2D eigenvalue weighted by Crippen LogP contribution is 2.21. The number of amides is 1. The Morgan fingerprint density at radius 1 is 1.59 bits per heavy atom. The fourth-order valence-corrected chi connectivity index (χ4v) is 1.81. The third-order valence-corrected chi connectivity index (χ3v) is 3.10. The summed E-state index contributed by atoms with van der Waals surface area (Å²) in [5.74, 6) is -0.00838. The zero-order chi connectivity index (χ0) is 12.8. The van der Waals surface area contributed by atoms with Crippen LogP contribution in [0.5, 0.6) is 0 Å². The van der Waals surface area contributed by atoms with Crippen LogP contribution in [-0.2, 0) is 0 Å². The molecule has 0 saturated carbocycles. The molecule has 1 amide bonds. The Labute approximate surface area is 110 Å². The molecule has 17 heavy (non-hydrogen) atoms. The predicted octanol–water partition coefficient (Wildman–Crippen LogP) is 3.07. The second kappa shape index (κ2) is 6.45. The topological polar surface area (TPSA) is 46.3 Å². The minimum Gasteiger partial charge on any atom is -0.398 e. The first-order chi connectivity index (χ1) is 8.10. The fraction of sp³-hybridized carbons (Fsp3) is 0.308. The summed E-state index contributed by atoms with van der Waals surface area (Å²) in [7, 11) is 0. The van der Waals surface area contributed by atoms with Crippen molar-refractivity contribution in [2.75, 3.05) is 18.8 Å². The van der Waals surface area contributed by atoms with Crippen LogP contribution in [0.4, 0.5) is 5.69 Å². The number of nitrogens with zero attached hydrogens (tertiary/aromatic N) is 1. The van der Waals surface area contributed by atoms with Gasteiger partial charge in [-0.2, -0.15) is 0 Å². The van der Waals surface area contributed by atoms with Crippen molar-refractivity contribution >= 4 is 27.5 Å². The van der Waals surface area contributed by atoms with E-state index in [0.717, 1.165) is 17.4 Å². The van der Waals surface area contributed by atoms with Crippen molar-refractivity contribution in [3.05, 3.63) is 40.9 Å². The predicted molar refractivity (Wildman–Crippen MR) is 74.9 cm³/mol. The lowest BCUT2D eigenvalue weighted by Gasteiger charge is -2.20. The molecule has 3 nitrogen and oxygen atoms in total. The van der Waals surface area contributed by atoms with Crippen molar-refractivity contribution in [2.45, 2.75) is 13.3 Å². The van der Waals surface area contributed by atoms with Gasteiger partial charge in [0.2, 0.25) is 0 Å². The van der Waals surface area contributed by atoms with Gasteiger partial charge in [-0.25, -0.2) is 0 Å². The van der Waals surface area contributed by atoms with Crippen LogP contribution in [0.3, 0.4) is 0 Å². The van der Waals surface area contributed by atoms with Crippen LogP contribution in [0.25, 0.3) is 0 Å². The lowest BCUT2D eigenvalue weighted by Crippen LogP contribution is -2.31. The Balaban J connectivity index is 2.92. The maximum Gasteiger partial charge on any atom is 0.254 e. The smallest absolute Gasteiger partial charge is 0.254 e. The summed E-state index contributed by atoms with van der Waals surface area (Å²) in [6.45, 7) is 6.99. The van der Waals surface area contributed by atoms with E-state index in [-0.39, 0.29) is 5.91 Å². The zero-order valence-corrected chi connectivity index (χ0v) is 11.5. The molecule has 0 unspecified atom stereocenters. The zero-order valence-electron chi connectivity index (χ0n) is 9.95.